The molecule has 1 unspecified atom stereocenters. The van der Waals surface area contributed by atoms with E-state index in [2.05, 4.69) is 15.6 Å². The van der Waals surface area contributed by atoms with Crippen molar-refractivity contribution in [2.75, 3.05) is 17.2 Å². The number of pyridine rings is 1. The maximum absolute atomic E-state index is 13.1. The topological polar surface area (TPSA) is 91.4 Å². The number of benzene rings is 1. The van der Waals surface area contributed by atoms with Gasteiger partial charge in [-0.25, -0.2) is 0 Å². The second kappa shape index (κ2) is 6.44. The van der Waals surface area contributed by atoms with Crippen LogP contribution in [-0.2, 0) is 26.3 Å². The highest BCUT2D eigenvalue weighted by Gasteiger charge is 2.39. The lowest BCUT2D eigenvalue weighted by molar-refractivity contribution is -0.131. The molecule has 2 aliphatic heterocycles. The van der Waals surface area contributed by atoms with Crippen LogP contribution in [0.25, 0.3) is 0 Å². The van der Waals surface area contributed by atoms with Crippen LogP contribution in [0, 0.1) is 0 Å². The molecule has 1 aromatic heterocycles. The van der Waals surface area contributed by atoms with Gasteiger partial charge in [0.1, 0.15) is 0 Å². The van der Waals surface area contributed by atoms with E-state index in [0.717, 1.165) is 16.8 Å². The Morgan fingerprint density at radius 2 is 2.07 bits per heavy atom. The molecule has 4 rings (SSSR count). The molecule has 0 bridgehead atoms. The van der Waals surface area contributed by atoms with Crippen molar-refractivity contribution in [2.45, 2.75) is 38.6 Å². The van der Waals surface area contributed by atoms with Crippen LogP contribution < -0.4 is 10.6 Å². The fraction of sp³-hybridized carbons (Fsp3) is 0.333. The normalized spacial score (nSPS) is 19.5. The summed E-state index contributed by atoms with van der Waals surface area (Å²) in [5.41, 5.74) is 3.17. The number of carbonyl (C=O) groups is 3. The predicted molar refractivity (Wildman–Crippen MR) is 105 cm³/mol. The number of nitrogens with zero attached hydrogens (tertiary/aromatic N) is 2. The van der Waals surface area contributed by atoms with E-state index in [9.17, 15) is 14.4 Å². The zero-order valence-corrected chi connectivity index (χ0v) is 16.1. The van der Waals surface area contributed by atoms with Crippen molar-refractivity contribution in [3.63, 3.8) is 0 Å². The van der Waals surface area contributed by atoms with E-state index in [1.54, 1.807) is 23.2 Å². The largest absolute Gasteiger partial charge is 0.337 e. The Kier molecular flexibility index (Phi) is 4.18. The Bertz CT molecular complexity index is 999. The third-order valence-electron chi connectivity index (χ3n) is 5.56. The highest BCUT2D eigenvalue weighted by molar-refractivity contribution is 6.06. The summed E-state index contributed by atoms with van der Waals surface area (Å²) in [7, 11) is 0. The van der Waals surface area contributed by atoms with E-state index < -0.39 is 11.3 Å². The Morgan fingerprint density at radius 3 is 2.82 bits per heavy atom. The smallest absolute Gasteiger partial charge is 0.235 e. The molecule has 1 aromatic carbocycles. The minimum absolute atomic E-state index is 0.0616. The average molecular weight is 378 g/mol. The first-order chi connectivity index (χ1) is 13.3. The lowest BCUT2D eigenvalue weighted by atomic mass is 9.86. The Balaban J connectivity index is 1.62. The van der Waals surface area contributed by atoms with Gasteiger partial charge < -0.3 is 15.5 Å². The van der Waals surface area contributed by atoms with E-state index >= 15 is 0 Å². The molecule has 0 saturated heterocycles. The summed E-state index contributed by atoms with van der Waals surface area (Å²) in [4.78, 5) is 43.1. The van der Waals surface area contributed by atoms with Gasteiger partial charge in [0, 0.05) is 37.6 Å². The number of aromatic nitrogens is 1. The molecule has 0 saturated carbocycles. The number of fused-ring (bicyclic) bond motifs is 2. The Hall–Kier alpha value is -3.22. The molecule has 0 fully saturated rings. The number of carbonyl (C=O) groups excluding carboxylic acids is 3. The van der Waals surface area contributed by atoms with Crippen LogP contribution in [0.4, 0.5) is 11.4 Å². The van der Waals surface area contributed by atoms with Crippen molar-refractivity contribution >= 4 is 29.1 Å². The standard InChI is InChI=1S/C21H22N4O3/c1-12(26)25-10-13-5-4-8-22-18(13)15(11-25)19(27)23-14-6-7-17-16(9-14)21(2,3)20(28)24-17/h4-9,15H,10-11H2,1-3H3,(H,23,27)(H,24,28). The molecular weight excluding hydrogens is 356 g/mol. The van der Waals surface area contributed by atoms with Crippen molar-refractivity contribution in [1.29, 1.82) is 0 Å². The van der Waals surface area contributed by atoms with Gasteiger partial charge >= 0.3 is 0 Å². The summed E-state index contributed by atoms with van der Waals surface area (Å²) in [6.07, 6.45) is 1.66. The highest BCUT2D eigenvalue weighted by atomic mass is 16.2. The van der Waals surface area contributed by atoms with Gasteiger partial charge in [0.25, 0.3) is 0 Å². The average Bonchev–Trinajstić information content (AvgIpc) is 2.89. The van der Waals surface area contributed by atoms with Gasteiger partial charge in [-0.15, -0.1) is 0 Å². The lowest BCUT2D eigenvalue weighted by Gasteiger charge is -2.32. The molecule has 2 N–H and O–H groups in total. The third-order valence-corrected chi connectivity index (χ3v) is 5.56. The van der Waals surface area contributed by atoms with Crippen LogP contribution in [0.2, 0.25) is 0 Å². The monoisotopic (exact) mass is 378 g/mol. The summed E-state index contributed by atoms with van der Waals surface area (Å²) in [5.74, 6) is -0.902. The lowest BCUT2D eigenvalue weighted by Crippen LogP contribution is -2.41. The zero-order valence-electron chi connectivity index (χ0n) is 16.1. The Morgan fingerprint density at radius 1 is 1.29 bits per heavy atom. The second-order valence-corrected chi connectivity index (χ2v) is 7.83. The number of hydrogen-bond donors (Lipinski definition) is 2. The maximum Gasteiger partial charge on any atom is 0.235 e. The maximum atomic E-state index is 13.1. The minimum Gasteiger partial charge on any atom is -0.337 e. The van der Waals surface area contributed by atoms with Crippen LogP contribution in [-0.4, -0.2) is 34.2 Å². The first-order valence-corrected chi connectivity index (χ1v) is 9.23. The molecule has 144 valence electrons. The summed E-state index contributed by atoms with van der Waals surface area (Å²) in [5, 5.41) is 5.80. The van der Waals surface area contributed by atoms with Crippen LogP contribution in [0.3, 0.4) is 0 Å². The molecule has 0 spiro atoms. The van der Waals surface area contributed by atoms with E-state index in [1.807, 2.05) is 32.0 Å². The van der Waals surface area contributed by atoms with Gasteiger partial charge in [0.15, 0.2) is 0 Å². The summed E-state index contributed by atoms with van der Waals surface area (Å²) < 4.78 is 0. The van der Waals surface area contributed by atoms with Crippen molar-refractivity contribution in [3.8, 4) is 0 Å². The zero-order chi connectivity index (χ0) is 20.1. The summed E-state index contributed by atoms with van der Waals surface area (Å²) in [6, 6.07) is 9.10. The fourth-order valence-electron chi connectivity index (χ4n) is 3.80. The molecule has 2 aromatic rings. The van der Waals surface area contributed by atoms with Gasteiger partial charge in [0.05, 0.1) is 17.0 Å². The van der Waals surface area contributed by atoms with E-state index in [1.165, 1.54) is 6.92 Å². The number of hydrogen-bond acceptors (Lipinski definition) is 4. The van der Waals surface area contributed by atoms with E-state index in [-0.39, 0.29) is 17.7 Å². The molecule has 2 aliphatic rings. The number of amides is 3. The van der Waals surface area contributed by atoms with Gasteiger partial charge in [-0.05, 0) is 49.2 Å². The first-order valence-electron chi connectivity index (χ1n) is 9.23. The Labute approximate surface area is 163 Å². The number of anilines is 2. The van der Waals surface area contributed by atoms with E-state index in [0.29, 0.717) is 24.5 Å². The van der Waals surface area contributed by atoms with Gasteiger partial charge in [-0.3, -0.25) is 19.4 Å². The second-order valence-electron chi connectivity index (χ2n) is 7.83. The summed E-state index contributed by atoms with van der Waals surface area (Å²) in [6.45, 7) is 5.96. The molecular formula is C21H22N4O3. The first kappa shape index (κ1) is 18.2. The van der Waals surface area contributed by atoms with E-state index in [4.69, 9.17) is 0 Å². The highest BCUT2D eigenvalue weighted by Crippen LogP contribution is 2.39. The van der Waals surface area contributed by atoms with Crippen molar-refractivity contribution in [2.24, 2.45) is 0 Å². The van der Waals surface area contributed by atoms with Gasteiger partial charge in [-0.2, -0.15) is 0 Å². The molecule has 28 heavy (non-hydrogen) atoms. The molecule has 1 atom stereocenters. The molecule has 3 heterocycles. The quantitative estimate of drug-likeness (QED) is 0.839. The van der Waals surface area contributed by atoms with Gasteiger partial charge in [0.2, 0.25) is 17.7 Å². The number of rotatable bonds is 2. The summed E-state index contributed by atoms with van der Waals surface area (Å²) >= 11 is 0. The molecule has 7 nitrogen and oxygen atoms in total. The fourth-order valence-corrected chi connectivity index (χ4v) is 3.80. The third kappa shape index (κ3) is 2.93. The molecule has 7 heteroatoms. The van der Waals surface area contributed by atoms with Crippen LogP contribution in [0.1, 0.15) is 43.5 Å². The molecule has 0 aliphatic carbocycles. The minimum atomic E-state index is -0.652. The van der Waals surface area contributed by atoms with Gasteiger partial charge in [-0.1, -0.05) is 6.07 Å². The molecule has 0 radical (unpaired) electrons. The van der Waals surface area contributed by atoms with Crippen molar-refractivity contribution in [3.05, 3.63) is 53.3 Å². The van der Waals surface area contributed by atoms with Crippen molar-refractivity contribution < 1.29 is 14.4 Å². The molecule has 3 amide bonds. The number of nitrogens with one attached hydrogen (secondary N) is 2. The SMILES string of the molecule is CC(=O)N1Cc2cccnc2C(C(=O)Nc2ccc3c(c2)C(C)(C)C(=O)N3)C1. The van der Waals surface area contributed by atoms with Crippen LogP contribution in [0.15, 0.2) is 36.5 Å². The van der Waals surface area contributed by atoms with Crippen LogP contribution in [0.5, 0.6) is 0 Å². The van der Waals surface area contributed by atoms with Crippen LogP contribution >= 0.6 is 0 Å². The van der Waals surface area contributed by atoms with Crippen molar-refractivity contribution in [1.82, 2.24) is 9.88 Å². The predicted octanol–water partition coefficient (Wildman–Crippen LogP) is 2.40.